The molecule has 1 aliphatic heterocycles. The van der Waals surface area contributed by atoms with Crippen LogP contribution in [0.1, 0.15) is 5.69 Å². The summed E-state index contributed by atoms with van der Waals surface area (Å²) in [6.45, 7) is 2.46. The van der Waals surface area contributed by atoms with E-state index in [4.69, 9.17) is 0 Å². The van der Waals surface area contributed by atoms with Crippen molar-refractivity contribution in [2.24, 2.45) is 0 Å². The maximum absolute atomic E-state index is 11.3. The van der Waals surface area contributed by atoms with E-state index in [-0.39, 0.29) is 0 Å². The molecule has 0 bridgehead atoms. The summed E-state index contributed by atoms with van der Waals surface area (Å²) in [5, 5.41) is 11.4. The third-order valence-corrected chi connectivity index (χ3v) is 4.47. The van der Waals surface area contributed by atoms with Crippen molar-refractivity contribution in [2.75, 3.05) is 29.9 Å². The van der Waals surface area contributed by atoms with E-state index in [0.29, 0.717) is 11.6 Å². The zero-order valence-electron chi connectivity index (χ0n) is 11.5. The van der Waals surface area contributed by atoms with Crippen molar-refractivity contribution in [3.63, 3.8) is 0 Å². The molecule has 0 amide bonds. The van der Waals surface area contributed by atoms with Gasteiger partial charge in [0.15, 0.2) is 5.82 Å². The average Bonchev–Trinajstić information content (AvgIpc) is 2.53. The van der Waals surface area contributed by atoms with Gasteiger partial charge in [0.25, 0.3) is 0 Å². The predicted molar refractivity (Wildman–Crippen MR) is 80.5 cm³/mol. The van der Waals surface area contributed by atoms with Gasteiger partial charge in [0, 0.05) is 54.3 Å². The van der Waals surface area contributed by atoms with Crippen molar-refractivity contribution in [2.45, 2.75) is 6.54 Å². The third kappa shape index (κ3) is 4.02. The van der Waals surface area contributed by atoms with Crippen LogP contribution in [0.5, 0.6) is 0 Å². The summed E-state index contributed by atoms with van der Waals surface area (Å²) in [5.41, 5.74) is 0.910. The summed E-state index contributed by atoms with van der Waals surface area (Å²) in [4.78, 5) is 10.3. The van der Waals surface area contributed by atoms with Crippen LogP contribution >= 0.6 is 0 Å². The van der Waals surface area contributed by atoms with E-state index < -0.39 is 10.8 Å². The molecule has 1 fully saturated rings. The molecule has 0 radical (unpaired) electrons. The van der Waals surface area contributed by atoms with Crippen LogP contribution in [0.4, 0.5) is 11.6 Å². The molecule has 110 valence electrons. The highest BCUT2D eigenvalue weighted by Gasteiger charge is 2.15. The van der Waals surface area contributed by atoms with Gasteiger partial charge in [-0.05, 0) is 12.1 Å². The third-order valence-electron chi connectivity index (χ3n) is 3.20. The van der Waals surface area contributed by atoms with Crippen LogP contribution in [0.3, 0.4) is 0 Å². The fourth-order valence-electron chi connectivity index (χ4n) is 2.07. The molecule has 1 N–H and O–H groups in total. The van der Waals surface area contributed by atoms with Crippen LogP contribution in [-0.4, -0.2) is 53.9 Å². The van der Waals surface area contributed by atoms with Crippen molar-refractivity contribution in [3.8, 4) is 0 Å². The van der Waals surface area contributed by atoms with Gasteiger partial charge >= 0.3 is 0 Å². The molecule has 7 nitrogen and oxygen atoms in total. The Balaban J connectivity index is 1.58. The topological polar surface area (TPSA) is 83.9 Å². The minimum Gasteiger partial charge on any atom is -0.322 e. The first-order chi connectivity index (χ1) is 10.3. The normalized spacial score (nSPS) is 16.8. The highest BCUT2D eigenvalue weighted by molar-refractivity contribution is 7.85. The number of nitrogens with zero attached hydrogens (tertiary/aromatic N) is 5. The fraction of sp³-hybridized carbons (Fsp3) is 0.385. The number of aromatic nitrogens is 4. The zero-order valence-corrected chi connectivity index (χ0v) is 12.3. The van der Waals surface area contributed by atoms with E-state index in [9.17, 15) is 4.21 Å². The Hall–Kier alpha value is -1.93. The van der Waals surface area contributed by atoms with Crippen LogP contribution < -0.4 is 5.32 Å². The Kier molecular flexibility index (Phi) is 4.46. The molecule has 0 spiro atoms. The van der Waals surface area contributed by atoms with Gasteiger partial charge in [-0.1, -0.05) is 0 Å². The van der Waals surface area contributed by atoms with Crippen LogP contribution in [0.15, 0.2) is 30.7 Å². The lowest BCUT2D eigenvalue weighted by molar-refractivity contribution is 0.287. The van der Waals surface area contributed by atoms with Gasteiger partial charge in [0.05, 0.1) is 11.9 Å². The van der Waals surface area contributed by atoms with Gasteiger partial charge in [-0.3, -0.25) is 14.1 Å². The molecule has 0 atom stereocenters. The lowest BCUT2D eigenvalue weighted by Crippen LogP contribution is -2.37. The van der Waals surface area contributed by atoms with Crippen molar-refractivity contribution in [3.05, 3.63) is 36.4 Å². The van der Waals surface area contributed by atoms with Gasteiger partial charge in [-0.15, -0.1) is 5.10 Å². The van der Waals surface area contributed by atoms with Crippen LogP contribution in [0.2, 0.25) is 0 Å². The van der Waals surface area contributed by atoms with Crippen molar-refractivity contribution < 1.29 is 4.21 Å². The largest absolute Gasteiger partial charge is 0.322 e. The van der Waals surface area contributed by atoms with Crippen LogP contribution in [0, 0.1) is 0 Å². The Morgan fingerprint density at radius 1 is 1.14 bits per heavy atom. The Bertz CT molecular complexity index is 596. The average molecular weight is 304 g/mol. The molecular formula is C13H16N6OS. The first kappa shape index (κ1) is 14.0. The number of nitrogens with one attached hydrogen (secondary N) is 1. The molecule has 8 heteroatoms. The van der Waals surface area contributed by atoms with Crippen molar-refractivity contribution >= 4 is 22.4 Å². The SMILES string of the molecule is O=S1CCN(Cc2ccc(Nc3cnccn3)nn2)CC1. The second-order valence-corrected chi connectivity index (χ2v) is 6.45. The first-order valence-electron chi connectivity index (χ1n) is 6.72. The summed E-state index contributed by atoms with van der Waals surface area (Å²) >= 11 is 0. The van der Waals surface area contributed by atoms with Gasteiger partial charge in [-0.25, -0.2) is 4.98 Å². The number of rotatable bonds is 4. The second kappa shape index (κ2) is 6.68. The molecule has 3 heterocycles. The van der Waals surface area contributed by atoms with E-state index in [1.165, 1.54) is 0 Å². The summed E-state index contributed by atoms with van der Waals surface area (Å²) in [6, 6.07) is 3.82. The molecule has 21 heavy (non-hydrogen) atoms. The van der Waals surface area contributed by atoms with Crippen LogP contribution in [-0.2, 0) is 17.3 Å². The minimum atomic E-state index is -0.646. The van der Waals surface area contributed by atoms with Crippen molar-refractivity contribution in [1.29, 1.82) is 0 Å². The predicted octanol–water partition coefficient (Wildman–Crippen LogP) is 0.574. The second-order valence-electron chi connectivity index (χ2n) is 4.75. The Labute approximate surface area is 125 Å². The van der Waals surface area contributed by atoms with Crippen molar-refractivity contribution in [1.82, 2.24) is 25.1 Å². The van der Waals surface area contributed by atoms with E-state index in [1.807, 2.05) is 12.1 Å². The monoisotopic (exact) mass is 304 g/mol. The lowest BCUT2D eigenvalue weighted by atomic mass is 10.3. The maximum atomic E-state index is 11.3. The standard InChI is InChI=1S/C13H16N6OS/c20-21-7-5-19(6-8-21)10-11-1-2-12(18-17-11)16-13-9-14-3-4-15-13/h1-4,9H,5-8,10H2,(H,15,16,18). The van der Waals surface area contributed by atoms with Gasteiger partial charge in [0.1, 0.15) is 5.82 Å². The molecule has 0 aromatic carbocycles. The lowest BCUT2D eigenvalue weighted by Gasteiger charge is -2.25. The fourth-order valence-corrected chi connectivity index (χ4v) is 3.20. The molecule has 3 rings (SSSR count). The molecule has 0 aliphatic carbocycles. The number of hydrogen-bond donors (Lipinski definition) is 1. The molecule has 0 unspecified atom stereocenters. The Morgan fingerprint density at radius 3 is 2.67 bits per heavy atom. The van der Waals surface area contributed by atoms with E-state index >= 15 is 0 Å². The minimum absolute atomic E-state index is 0.637. The van der Waals surface area contributed by atoms with Crippen LogP contribution in [0.25, 0.3) is 0 Å². The maximum Gasteiger partial charge on any atom is 0.154 e. The summed E-state index contributed by atoms with van der Waals surface area (Å²) in [5.74, 6) is 2.77. The van der Waals surface area contributed by atoms with Gasteiger partial charge in [-0.2, -0.15) is 5.10 Å². The number of hydrogen-bond acceptors (Lipinski definition) is 7. The van der Waals surface area contributed by atoms with Gasteiger partial charge in [0.2, 0.25) is 0 Å². The van der Waals surface area contributed by atoms with E-state index in [1.54, 1.807) is 18.6 Å². The smallest absolute Gasteiger partial charge is 0.154 e. The molecule has 2 aromatic heterocycles. The first-order valence-corrected chi connectivity index (χ1v) is 8.21. The van der Waals surface area contributed by atoms with Gasteiger partial charge < -0.3 is 5.32 Å². The quantitative estimate of drug-likeness (QED) is 0.884. The molecule has 0 saturated carbocycles. The van der Waals surface area contributed by atoms with E-state index in [0.717, 1.165) is 36.8 Å². The van der Waals surface area contributed by atoms with E-state index in [2.05, 4.69) is 30.4 Å². The molecule has 2 aromatic rings. The summed E-state index contributed by atoms with van der Waals surface area (Å²) < 4.78 is 11.3. The highest BCUT2D eigenvalue weighted by Crippen LogP contribution is 2.11. The number of anilines is 2. The zero-order chi connectivity index (χ0) is 14.5. The molecule has 1 saturated heterocycles. The molecular weight excluding hydrogens is 288 g/mol. The Morgan fingerprint density at radius 2 is 2.00 bits per heavy atom. The summed E-state index contributed by atoms with van der Waals surface area (Å²) in [6.07, 6.45) is 4.86. The molecule has 1 aliphatic rings. The summed E-state index contributed by atoms with van der Waals surface area (Å²) in [7, 11) is -0.646. The highest BCUT2D eigenvalue weighted by atomic mass is 32.2.